The van der Waals surface area contributed by atoms with Crippen LogP contribution in [-0.4, -0.2) is 22.4 Å². The fourth-order valence-corrected chi connectivity index (χ4v) is 2.45. The molecule has 0 spiro atoms. The van der Waals surface area contributed by atoms with Crippen molar-refractivity contribution in [3.8, 4) is 5.75 Å². The number of phenolic OH excluding ortho intramolecular Hbond substituents is 1. The second kappa shape index (κ2) is 6.75. The molecule has 2 rings (SSSR count). The van der Waals surface area contributed by atoms with Gasteiger partial charge in [0.05, 0.1) is 11.6 Å². The van der Waals surface area contributed by atoms with E-state index in [-0.39, 0.29) is 17.9 Å². The number of phenols is 1. The molecule has 0 bridgehead atoms. The SMILES string of the molecule is CC.OCC1(NCc2cc(Br)cc(Cl)c2O)CC1. The van der Waals surface area contributed by atoms with E-state index in [0.29, 0.717) is 11.6 Å². The number of hydrogen-bond acceptors (Lipinski definition) is 3. The maximum atomic E-state index is 9.76. The first kappa shape index (κ1) is 15.8. The van der Waals surface area contributed by atoms with Gasteiger partial charge in [-0.3, -0.25) is 0 Å². The molecule has 0 aromatic heterocycles. The molecule has 1 aliphatic carbocycles. The predicted molar refractivity (Wildman–Crippen MR) is 78.1 cm³/mol. The van der Waals surface area contributed by atoms with Gasteiger partial charge in [0, 0.05) is 22.1 Å². The molecule has 3 N–H and O–H groups in total. The van der Waals surface area contributed by atoms with Crippen molar-refractivity contribution < 1.29 is 10.2 Å². The van der Waals surface area contributed by atoms with Gasteiger partial charge in [0.2, 0.25) is 0 Å². The van der Waals surface area contributed by atoms with Crippen LogP contribution in [0.15, 0.2) is 16.6 Å². The highest BCUT2D eigenvalue weighted by atomic mass is 79.9. The Labute approximate surface area is 121 Å². The smallest absolute Gasteiger partial charge is 0.138 e. The van der Waals surface area contributed by atoms with Crippen molar-refractivity contribution in [2.45, 2.75) is 38.8 Å². The minimum Gasteiger partial charge on any atom is -0.506 e. The van der Waals surface area contributed by atoms with E-state index in [4.69, 9.17) is 16.7 Å². The third-order valence-electron chi connectivity index (χ3n) is 2.92. The Kier molecular flexibility index (Phi) is 5.92. The number of rotatable bonds is 4. The zero-order valence-electron chi connectivity index (χ0n) is 10.6. The Hall–Kier alpha value is -0.290. The fourth-order valence-electron chi connectivity index (χ4n) is 1.58. The standard InChI is InChI=1S/C11H13BrClNO2.C2H6/c12-8-3-7(10(16)9(13)4-8)5-14-11(6-15)1-2-11;1-2/h3-4,14-16H,1-2,5-6H2;1-2H3. The van der Waals surface area contributed by atoms with Gasteiger partial charge in [0.15, 0.2) is 0 Å². The zero-order valence-corrected chi connectivity index (χ0v) is 13.0. The average Bonchev–Trinajstić information content (AvgIpc) is 3.15. The molecule has 0 unspecified atom stereocenters. The largest absolute Gasteiger partial charge is 0.506 e. The van der Waals surface area contributed by atoms with E-state index < -0.39 is 0 Å². The lowest BCUT2D eigenvalue weighted by molar-refractivity contribution is 0.229. The second-order valence-corrected chi connectivity index (χ2v) is 5.51. The Bertz CT molecular complexity index is 408. The number of aliphatic hydroxyl groups excluding tert-OH is 1. The van der Waals surface area contributed by atoms with Crippen molar-refractivity contribution in [1.82, 2.24) is 5.32 Å². The van der Waals surface area contributed by atoms with Gasteiger partial charge in [-0.2, -0.15) is 0 Å². The van der Waals surface area contributed by atoms with Crippen molar-refractivity contribution in [2.24, 2.45) is 0 Å². The van der Waals surface area contributed by atoms with Gasteiger partial charge in [-0.1, -0.05) is 41.4 Å². The summed E-state index contributed by atoms with van der Waals surface area (Å²) >= 11 is 9.19. The number of nitrogens with one attached hydrogen (secondary N) is 1. The Morgan fingerprint density at radius 1 is 1.39 bits per heavy atom. The molecular formula is C13H19BrClNO2. The number of benzene rings is 1. The molecule has 0 atom stereocenters. The summed E-state index contributed by atoms with van der Waals surface area (Å²) in [5.74, 6) is 0.103. The first-order valence-electron chi connectivity index (χ1n) is 6.09. The molecular weight excluding hydrogens is 318 g/mol. The van der Waals surface area contributed by atoms with Crippen molar-refractivity contribution in [2.75, 3.05) is 6.61 Å². The van der Waals surface area contributed by atoms with Crippen LogP contribution in [0.4, 0.5) is 0 Å². The molecule has 0 aliphatic heterocycles. The van der Waals surface area contributed by atoms with Crippen molar-refractivity contribution in [3.63, 3.8) is 0 Å². The molecule has 1 fully saturated rings. The van der Waals surface area contributed by atoms with Gasteiger partial charge in [-0.05, 0) is 25.0 Å². The summed E-state index contributed by atoms with van der Waals surface area (Å²) in [6.07, 6.45) is 1.96. The maximum Gasteiger partial charge on any atom is 0.138 e. The van der Waals surface area contributed by atoms with Crippen LogP contribution >= 0.6 is 27.5 Å². The molecule has 18 heavy (non-hydrogen) atoms. The highest BCUT2D eigenvalue weighted by molar-refractivity contribution is 9.10. The van der Waals surface area contributed by atoms with Crippen LogP contribution in [0.1, 0.15) is 32.3 Å². The van der Waals surface area contributed by atoms with Gasteiger partial charge in [-0.15, -0.1) is 0 Å². The van der Waals surface area contributed by atoms with Gasteiger partial charge < -0.3 is 15.5 Å². The highest BCUT2D eigenvalue weighted by Gasteiger charge is 2.41. The summed E-state index contributed by atoms with van der Waals surface area (Å²) in [6.45, 7) is 4.64. The van der Waals surface area contributed by atoms with Gasteiger partial charge in [0.1, 0.15) is 5.75 Å². The lowest BCUT2D eigenvalue weighted by Gasteiger charge is -2.15. The van der Waals surface area contributed by atoms with Crippen LogP contribution < -0.4 is 5.32 Å². The van der Waals surface area contributed by atoms with E-state index in [1.54, 1.807) is 6.07 Å². The van der Waals surface area contributed by atoms with Crippen LogP contribution in [0.5, 0.6) is 5.75 Å². The quantitative estimate of drug-likeness (QED) is 0.789. The van der Waals surface area contributed by atoms with E-state index in [0.717, 1.165) is 22.9 Å². The average molecular weight is 337 g/mol. The van der Waals surface area contributed by atoms with E-state index in [1.165, 1.54) is 0 Å². The molecule has 3 nitrogen and oxygen atoms in total. The monoisotopic (exact) mass is 335 g/mol. The predicted octanol–water partition coefficient (Wildman–Crippen LogP) is 3.45. The van der Waals surface area contributed by atoms with Crippen LogP contribution in [0.25, 0.3) is 0 Å². The Morgan fingerprint density at radius 2 is 2.00 bits per heavy atom. The number of hydrogen-bond donors (Lipinski definition) is 3. The highest BCUT2D eigenvalue weighted by Crippen LogP contribution is 2.36. The van der Waals surface area contributed by atoms with Crippen LogP contribution in [-0.2, 0) is 6.54 Å². The summed E-state index contributed by atoms with van der Waals surface area (Å²) in [7, 11) is 0. The molecule has 0 saturated heterocycles. The molecule has 1 aliphatic rings. The minimum absolute atomic E-state index is 0.103. The lowest BCUT2D eigenvalue weighted by atomic mass is 10.2. The summed E-state index contributed by atoms with van der Waals surface area (Å²) in [5.41, 5.74) is 0.598. The first-order valence-corrected chi connectivity index (χ1v) is 7.26. The molecule has 1 saturated carbocycles. The summed E-state index contributed by atoms with van der Waals surface area (Å²) in [4.78, 5) is 0. The third-order valence-corrected chi connectivity index (χ3v) is 3.66. The van der Waals surface area contributed by atoms with E-state index >= 15 is 0 Å². The lowest BCUT2D eigenvalue weighted by Crippen LogP contribution is -2.34. The van der Waals surface area contributed by atoms with E-state index in [2.05, 4.69) is 21.2 Å². The van der Waals surface area contributed by atoms with Crippen LogP contribution in [0.2, 0.25) is 5.02 Å². The number of aliphatic hydroxyl groups is 1. The zero-order chi connectivity index (χ0) is 13.8. The summed E-state index contributed by atoms with van der Waals surface area (Å²) < 4.78 is 0.834. The molecule has 5 heteroatoms. The van der Waals surface area contributed by atoms with Gasteiger partial charge >= 0.3 is 0 Å². The number of halogens is 2. The molecule has 1 aromatic rings. The third kappa shape index (κ3) is 3.85. The molecule has 102 valence electrons. The Balaban J connectivity index is 0.000000771. The van der Waals surface area contributed by atoms with E-state index in [9.17, 15) is 5.11 Å². The molecule has 1 aromatic carbocycles. The first-order chi connectivity index (χ1) is 8.56. The topological polar surface area (TPSA) is 52.5 Å². The Morgan fingerprint density at radius 3 is 2.50 bits per heavy atom. The van der Waals surface area contributed by atoms with Gasteiger partial charge in [0.25, 0.3) is 0 Å². The number of aromatic hydroxyl groups is 1. The van der Waals surface area contributed by atoms with Crippen LogP contribution in [0.3, 0.4) is 0 Å². The molecule has 0 amide bonds. The molecule has 0 radical (unpaired) electrons. The summed E-state index contributed by atoms with van der Waals surface area (Å²) in [5, 5.41) is 22.5. The van der Waals surface area contributed by atoms with Crippen molar-refractivity contribution in [3.05, 3.63) is 27.2 Å². The van der Waals surface area contributed by atoms with Crippen LogP contribution in [0, 0.1) is 0 Å². The van der Waals surface area contributed by atoms with Gasteiger partial charge in [-0.25, -0.2) is 0 Å². The second-order valence-electron chi connectivity index (χ2n) is 4.19. The fraction of sp³-hybridized carbons (Fsp3) is 0.538. The van der Waals surface area contributed by atoms with E-state index in [1.807, 2.05) is 19.9 Å². The molecule has 0 heterocycles. The summed E-state index contributed by atoms with van der Waals surface area (Å²) in [6, 6.07) is 3.47. The minimum atomic E-state index is -0.138. The van der Waals surface area contributed by atoms with Crippen molar-refractivity contribution in [1.29, 1.82) is 0 Å². The maximum absolute atomic E-state index is 9.76. The normalized spacial score (nSPS) is 15.8. The van der Waals surface area contributed by atoms with Crippen molar-refractivity contribution >= 4 is 27.5 Å².